The van der Waals surface area contributed by atoms with Crippen LogP contribution in [0.5, 0.6) is 0 Å². The summed E-state index contributed by atoms with van der Waals surface area (Å²) in [6, 6.07) is 47.6. The topological polar surface area (TPSA) is 25.8 Å². The fourth-order valence-corrected chi connectivity index (χ4v) is 5.40. The van der Waals surface area contributed by atoms with Gasteiger partial charge in [0, 0.05) is 35.2 Å². The quantitative estimate of drug-likeness (QED) is 0.126. The van der Waals surface area contributed by atoms with E-state index in [0.717, 1.165) is 17.0 Å². The van der Waals surface area contributed by atoms with Crippen molar-refractivity contribution in [3.63, 3.8) is 0 Å². The third-order valence-corrected chi connectivity index (χ3v) is 8.67. The number of hydrogen-bond acceptors (Lipinski definition) is 2. The summed E-state index contributed by atoms with van der Waals surface area (Å²) >= 11 is 0. The second kappa shape index (κ2) is 14.8. The summed E-state index contributed by atoms with van der Waals surface area (Å²) in [5.74, 6) is 0. The van der Waals surface area contributed by atoms with E-state index in [0.29, 0.717) is 16.7 Å². The largest absolute Gasteiger partial charge is 0.305 e. The Bertz CT molecular complexity index is 1760. The molecule has 6 rings (SSSR count). The first-order valence-electron chi connectivity index (χ1n) is 14.8. The van der Waals surface area contributed by atoms with Crippen LogP contribution in [0, 0.1) is 12.1 Å². The standard InChI is InChI=1S/C20H20NSi.C18H14N.Ir/c1-22(2,3)19-12-13-20(21-15-19)18-11-7-10-17(14-18)16-8-5-4-6-9-16;1-2-8-15(9-3-1)14-16-10-4-5-11-17(16)18-12-6-7-13-19-18;/h4-10,12-15H,1-3H3;1-10,12-13H,14H2;/q2*-1;/i;14D2;. The number of rotatable bonds is 6. The molecule has 0 N–H and O–H groups in total. The van der Waals surface area contributed by atoms with Gasteiger partial charge in [-0.3, -0.25) is 0 Å². The summed E-state index contributed by atoms with van der Waals surface area (Å²) in [6.45, 7) is 7.02. The van der Waals surface area contributed by atoms with Gasteiger partial charge in [0.2, 0.25) is 0 Å². The van der Waals surface area contributed by atoms with Gasteiger partial charge in [-0.05, 0) is 34.6 Å². The Labute approximate surface area is 267 Å². The molecule has 42 heavy (non-hydrogen) atoms. The minimum Gasteiger partial charge on any atom is -0.305 e. The van der Waals surface area contributed by atoms with Gasteiger partial charge in [-0.25, -0.2) is 0 Å². The van der Waals surface area contributed by atoms with Crippen LogP contribution in [-0.4, -0.2) is 18.0 Å². The summed E-state index contributed by atoms with van der Waals surface area (Å²) in [6.07, 6.45) is 2.15. The smallest absolute Gasteiger partial charge is 0.0795 e. The van der Waals surface area contributed by atoms with Crippen molar-refractivity contribution < 1.29 is 22.8 Å². The molecule has 0 unspecified atom stereocenters. The Kier molecular flexibility index (Phi) is 9.92. The Balaban J connectivity index is 0.000000197. The van der Waals surface area contributed by atoms with Gasteiger partial charge in [-0.2, -0.15) is 0 Å². The molecule has 0 aliphatic heterocycles. The van der Waals surface area contributed by atoms with Crippen molar-refractivity contribution >= 4 is 13.3 Å². The average Bonchev–Trinajstić information content (AvgIpc) is 3.06. The molecule has 0 atom stereocenters. The number of pyridine rings is 2. The Morgan fingerprint density at radius 1 is 0.667 bits per heavy atom. The molecule has 0 aliphatic rings. The number of benzene rings is 4. The number of nitrogens with zero attached hydrogens (tertiary/aromatic N) is 2. The molecule has 0 saturated heterocycles. The fourth-order valence-electron chi connectivity index (χ4n) is 4.36. The Morgan fingerprint density at radius 3 is 2.07 bits per heavy atom. The van der Waals surface area contributed by atoms with Crippen molar-refractivity contribution in [3.05, 3.63) is 163 Å². The summed E-state index contributed by atoms with van der Waals surface area (Å²) in [5.41, 5.74) is 7.08. The van der Waals surface area contributed by atoms with E-state index in [2.05, 4.69) is 90.3 Å². The molecule has 2 aromatic heterocycles. The zero-order valence-electron chi connectivity index (χ0n) is 26.0. The van der Waals surface area contributed by atoms with Crippen LogP contribution in [0.25, 0.3) is 33.6 Å². The van der Waals surface area contributed by atoms with Crippen molar-refractivity contribution in [2.24, 2.45) is 0 Å². The van der Waals surface area contributed by atoms with Crippen molar-refractivity contribution in [1.29, 1.82) is 0 Å². The maximum atomic E-state index is 8.52. The van der Waals surface area contributed by atoms with E-state index in [1.54, 1.807) is 30.5 Å². The molecule has 2 nitrogen and oxygen atoms in total. The van der Waals surface area contributed by atoms with E-state index in [9.17, 15) is 0 Å². The second-order valence-electron chi connectivity index (χ2n) is 10.7. The molecule has 0 saturated carbocycles. The van der Waals surface area contributed by atoms with Crippen LogP contribution in [0.2, 0.25) is 19.6 Å². The van der Waals surface area contributed by atoms with E-state index >= 15 is 0 Å². The minimum absolute atomic E-state index is 0. The van der Waals surface area contributed by atoms with E-state index in [4.69, 9.17) is 2.74 Å². The molecular formula is C38H34IrN2Si-2. The van der Waals surface area contributed by atoms with Crippen molar-refractivity contribution in [2.75, 3.05) is 0 Å². The third-order valence-electron chi connectivity index (χ3n) is 6.64. The van der Waals surface area contributed by atoms with Gasteiger partial charge in [-0.1, -0.05) is 110 Å². The Morgan fingerprint density at radius 2 is 1.40 bits per heavy atom. The SMILES string of the molecule is C[Si](C)(C)c1ccc(-c2[c-]ccc(-c3ccccc3)c2)nc1.[2H]C([2H])(c1ccccc1)c1ccc[c-]c1-c1ccccn1.[Ir]. The molecule has 0 fully saturated rings. The van der Waals surface area contributed by atoms with Gasteiger partial charge in [0.05, 0.1) is 8.07 Å². The van der Waals surface area contributed by atoms with Crippen LogP contribution < -0.4 is 5.19 Å². The fraction of sp³-hybridized carbons (Fsp3) is 0.105. The summed E-state index contributed by atoms with van der Waals surface area (Å²) in [7, 11) is -1.29. The van der Waals surface area contributed by atoms with Gasteiger partial charge in [0.1, 0.15) is 0 Å². The van der Waals surface area contributed by atoms with Crippen LogP contribution in [0.1, 0.15) is 13.9 Å². The molecule has 0 bridgehead atoms. The molecule has 211 valence electrons. The minimum atomic E-state index is -1.59. The molecule has 1 radical (unpaired) electrons. The van der Waals surface area contributed by atoms with Crippen LogP contribution in [0.4, 0.5) is 0 Å². The predicted octanol–water partition coefficient (Wildman–Crippen LogP) is 8.90. The van der Waals surface area contributed by atoms with E-state index < -0.39 is 14.4 Å². The van der Waals surface area contributed by atoms with Gasteiger partial charge in [0.25, 0.3) is 0 Å². The van der Waals surface area contributed by atoms with Crippen molar-refractivity contribution in [1.82, 2.24) is 9.97 Å². The van der Waals surface area contributed by atoms with E-state index in [1.165, 1.54) is 16.3 Å². The first-order chi connectivity index (χ1) is 20.7. The monoisotopic (exact) mass is 741 g/mol. The first kappa shape index (κ1) is 28.2. The van der Waals surface area contributed by atoms with Gasteiger partial charge in [-0.15, -0.1) is 70.8 Å². The van der Waals surface area contributed by atoms with Crippen molar-refractivity contribution in [3.8, 4) is 33.6 Å². The average molecular weight is 741 g/mol. The number of aromatic nitrogens is 2. The number of hydrogen-bond donors (Lipinski definition) is 0. The normalized spacial score (nSPS) is 11.7. The van der Waals surface area contributed by atoms with Gasteiger partial charge >= 0.3 is 0 Å². The zero-order chi connectivity index (χ0) is 30.3. The van der Waals surface area contributed by atoms with E-state index in [-0.39, 0.29) is 20.1 Å². The summed E-state index contributed by atoms with van der Waals surface area (Å²) in [5, 5.41) is 1.38. The van der Waals surface area contributed by atoms with Gasteiger partial charge in [0.15, 0.2) is 0 Å². The summed E-state index contributed by atoms with van der Waals surface area (Å²) in [4.78, 5) is 8.97. The summed E-state index contributed by atoms with van der Waals surface area (Å²) < 4.78 is 17.0. The molecule has 2 heterocycles. The maximum absolute atomic E-state index is 8.52. The first-order valence-corrected chi connectivity index (χ1v) is 17.3. The van der Waals surface area contributed by atoms with Crippen molar-refractivity contribution in [2.45, 2.75) is 26.0 Å². The molecule has 6 aromatic rings. The van der Waals surface area contributed by atoms with E-state index in [1.807, 2.05) is 60.8 Å². The van der Waals surface area contributed by atoms with Crippen LogP contribution in [0.15, 0.2) is 140 Å². The molecular weight excluding hydrogens is 705 g/mol. The maximum Gasteiger partial charge on any atom is 0.0795 e. The predicted molar refractivity (Wildman–Crippen MR) is 175 cm³/mol. The molecule has 0 spiro atoms. The van der Waals surface area contributed by atoms with Crippen LogP contribution in [0.3, 0.4) is 0 Å². The van der Waals surface area contributed by atoms with Gasteiger partial charge < -0.3 is 9.97 Å². The third kappa shape index (κ3) is 8.30. The van der Waals surface area contributed by atoms with Crippen LogP contribution in [-0.2, 0) is 26.5 Å². The second-order valence-corrected chi connectivity index (χ2v) is 15.8. The molecule has 0 aliphatic carbocycles. The zero-order valence-corrected chi connectivity index (χ0v) is 27.4. The van der Waals surface area contributed by atoms with Crippen LogP contribution >= 0.6 is 0 Å². The molecule has 4 aromatic carbocycles. The molecule has 4 heteroatoms. The Hall–Kier alpha value is -3.95. The molecule has 0 amide bonds.